The predicted molar refractivity (Wildman–Crippen MR) is 81.5 cm³/mol. The van der Waals surface area contributed by atoms with E-state index in [1.54, 1.807) is 13.2 Å². The molecule has 9 heteroatoms. The molecule has 1 aromatic carbocycles. The van der Waals surface area contributed by atoms with Crippen LogP contribution in [0.5, 0.6) is 5.75 Å². The molecular weight excluding hydrogens is 423 g/mol. The van der Waals surface area contributed by atoms with Crippen LogP contribution >= 0.6 is 55.1 Å². The number of ether oxygens (including phenoxy) is 1. The van der Waals surface area contributed by atoms with Crippen molar-refractivity contribution >= 4 is 66.6 Å². The van der Waals surface area contributed by atoms with Gasteiger partial charge in [-0.1, -0.05) is 11.6 Å². The first-order valence-electron chi connectivity index (χ1n) is 4.87. The molecule has 0 bridgehead atoms. The van der Waals surface area contributed by atoms with Crippen LogP contribution < -0.4 is 10.1 Å². The van der Waals surface area contributed by atoms with E-state index >= 15 is 0 Å². The monoisotopic (exact) mass is 426 g/mol. The number of halogens is 4. The largest absolute Gasteiger partial charge is 0.495 e. The molecule has 19 heavy (non-hydrogen) atoms. The fraction of sp³-hybridized carbons (Fsp3) is 0.100. The van der Waals surface area contributed by atoms with Crippen molar-refractivity contribution in [3.8, 4) is 5.75 Å². The summed E-state index contributed by atoms with van der Waals surface area (Å²) in [5, 5.41) is 10.3. The summed E-state index contributed by atoms with van der Waals surface area (Å²) in [5.41, 5.74) is 0.707. The maximum atomic E-state index is 5.89. The quantitative estimate of drug-likeness (QED) is 0.782. The first kappa shape index (κ1) is 14.8. The molecule has 2 rings (SSSR count). The fourth-order valence-corrected chi connectivity index (χ4v) is 2.79. The first-order chi connectivity index (χ1) is 9.01. The molecule has 1 aromatic heterocycles. The van der Waals surface area contributed by atoms with Crippen molar-refractivity contribution in [3.63, 3.8) is 0 Å². The van der Waals surface area contributed by atoms with Crippen LogP contribution in [0.3, 0.4) is 0 Å². The molecule has 2 aromatic rings. The van der Waals surface area contributed by atoms with Gasteiger partial charge >= 0.3 is 0 Å². The van der Waals surface area contributed by atoms with Crippen molar-refractivity contribution in [1.29, 1.82) is 0 Å². The van der Waals surface area contributed by atoms with Crippen LogP contribution in [0.4, 0.5) is 11.5 Å². The predicted octanol–water partition coefficient (Wildman–Crippen LogP) is 4.46. The molecule has 0 unspecified atom stereocenters. The normalized spacial score (nSPS) is 10.4. The Morgan fingerprint density at radius 3 is 2.58 bits per heavy atom. The van der Waals surface area contributed by atoms with Crippen LogP contribution in [-0.2, 0) is 0 Å². The van der Waals surface area contributed by atoms with E-state index in [1.165, 1.54) is 0 Å². The Bertz CT molecular complexity index is 627. The van der Waals surface area contributed by atoms with E-state index in [-0.39, 0.29) is 10.4 Å². The van der Waals surface area contributed by atoms with Crippen LogP contribution in [0.2, 0.25) is 10.4 Å². The molecule has 100 valence electrons. The van der Waals surface area contributed by atoms with E-state index in [1.807, 2.05) is 6.07 Å². The third kappa shape index (κ3) is 3.47. The summed E-state index contributed by atoms with van der Waals surface area (Å²) in [6.07, 6.45) is 0. The smallest absolute Gasteiger partial charge is 0.245 e. The summed E-state index contributed by atoms with van der Waals surface area (Å²) < 4.78 is 6.83. The number of aromatic nitrogens is 3. The molecule has 0 spiro atoms. The zero-order valence-electron chi connectivity index (χ0n) is 9.42. The second-order valence-corrected chi connectivity index (χ2v) is 5.72. The second kappa shape index (κ2) is 6.21. The molecule has 0 fully saturated rings. The minimum atomic E-state index is 0.00657. The van der Waals surface area contributed by atoms with Gasteiger partial charge in [0.15, 0.2) is 11.0 Å². The van der Waals surface area contributed by atoms with Crippen LogP contribution in [0.15, 0.2) is 21.1 Å². The average Bonchev–Trinajstić information content (AvgIpc) is 2.37. The minimum Gasteiger partial charge on any atom is -0.495 e. The van der Waals surface area contributed by atoms with Gasteiger partial charge in [-0.2, -0.15) is 4.98 Å². The highest BCUT2D eigenvalue weighted by Crippen LogP contribution is 2.36. The van der Waals surface area contributed by atoms with E-state index in [0.29, 0.717) is 17.3 Å². The van der Waals surface area contributed by atoms with Gasteiger partial charge in [-0.15, -0.1) is 10.2 Å². The Hall–Kier alpha value is -0.630. The van der Waals surface area contributed by atoms with Gasteiger partial charge in [0.25, 0.3) is 0 Å². The number of hydrogen-bond donors (Lipinski definition) is 1. The van der Waals surface area contributed by atoms with Crippen molar-refractivity contribution in [3.05, 3.63) is 31.5 Å². The Morgan fingerprint density at radius 2 is 1.89 bits per heavy atom. The molecule has 0 aliphatic carbocycles. The van der Waals surface area contributed by atoms with E-state index < -0.39 is 0 Å². The average molecular weight is 429 g/mol. The molecule has 0 atom stereocenters. The second-order valence-electron chi connectivity index (χ2n) is 3.31. The number of anilines is 2. The molecule has 0 saturated carbocycles. The molecular formula is C10H6Br2Cl2N4O. The summed E-state index contributed by atoms with van der Waals surface area (Å²) in [5.74, 6) is 0.974. The number of rotatable bonds is 3. The third-order valence-electron chi connectivity index (χ3n) is 2.11. The molecule has 1 heterocycles. The Kier molecular flexibility index (Phi) is 4.83. The van der Waals surface area contributed by atoms with Crippen molar-refractivity contribution < 1.29 is 4.74 Å². The zero-order valence-corrected chi connectivity index (χ0v) is 14.1. The summed E-state index contributed by atoms with van der Waals surface area (Å²) in [6.45, 7) is 0. The lowest BCUT2D eigenvalue weighted by molar-refractivity contribution is 0.412. The van der Waals surface area contributed by atoms with Gasteiger partial charge in [-0.05, 0) is 49.5 Å². The highest BCUT2D eigenvalue weighted by molar-refractivity contribution is 9.11. The molecule has 1 N–H and O–H groups in total. The van der Waals surface area contributed by atoms with Gasteiger partial charge in [-0.3, -0.25) is 0 Å². The molecule has 0 saturated heterocycles. The standard InChI is InChI=1S/C10H6Br2Cl2N4O/c1-19-7-3-6(4(11)2-5(7)12)15-9-8(13)17-18-10(14)16-9/h2-3H,1H3,(H,15,16,18). The maximum Gasteiger partial charge on any atom is 0.245 e. The Morgan fingerprint density at radius 1 is 1.16 bits per heavy atom. The molecule has 0 radical (unpaired) electrons. The Balaban J connectivity index is 2.40. The van der Waals surface area contributed by atoms with Gasteiger partial charge in [0.1, 0.15) is 5.75 Å². The lowest BCUT2D eigenvalue weighted by Gasteiger charge is -2.11. The third-order valence-corrected chi connectivity index (χ3v) is 3.80. The van der Waals surface area contributed by atoms with Crippen molar-refractivity contribution in [2.45, 2.75) is 0 Å². The maximum absolute atomic E-state index is 5.89. The fourth-order valence-electron chi connectivity index (χ4n) is 1.28. The van der Waals surface area contributed by atoms with Crippen molar-refractivity contribution in [1.82, 2.24) is 15.2 Å². The topological polar surface area (TPSA) is 59.9 Å². The molecule has 0 amide bonds. The van der Waals surface area contributed by atoms with Gasteiger partial charge in [0.05, 0.1) is 17.3 Å². The summed E-state index contributed by atoms with van der Waals surface area (Å²) in [6, 6.07) is 3.62. The summed E-state index contributed by atoms with van der Waals surface area (Å²) >= 11 is 18.4. The van der Waals surface area contributed by atoms with Crippen LogP contribution in [0.25, 0.3) is 0 Å². The highest BCUT2D eigenvalue weighted by Gasteiger charge is 2.11. The highest BCUT2D eigenvalue weighted by atomic mass is 79.9. The number of hydrogen-bond acceptors (Lipinski definition) is 5. The number of methoxy groups -OCH3 is 1. The zero-order chi connectivity index (χ0) is 14.0. The van der Waals surface area contributed by atoms with Crippen LogP contribution in [0, 0.1) is 0 Å². The summed E-state index contributed by atoms with van der Waals surface area (Å²) in [7, 11) is 1.58. The summed E-state index contributed by atoms with van der Waals surface area (Å²) in [4.78, 5) is 3.96. The van der Waals surface area contributed by atoms with E-state index in [4.69, 9.17) is 27.9 Å². The van der Waals surface area contributed by atoms with Gasteiger partial charge in [0.2, 0.25) is 5.28 Å². The van der Waals surface area contributed by atoms with E-state index in [9.17, 15) is 0 Å². The number of nitrogens with zero attached hydrogens (tertiary/aromatic N) is 3. The van der Waals surface area contributed by atoms with Gasteiger partial charge in [-0.25, -0.2) is 0 Å². The van der Waals surface area contributed by atoms with E-state index in [0.717, 1.165) is 8.95 Å². The van der Waals surface area contributed by atoms with Crippen LogP contribution in [-0.4, -0.2) is 22.3 Å². The molecule has 0 aliphatic rings. The lowest BCUT2D eigenvalue weighted by atomic mass is 10.3. The first-order valence-corrected chi connectivity index (χ1v) is 7.21. The minimum absolute atomic E-state index is 0.00657. The van der Waals surface area contributed by atoms with Gasteiger partial charge < -0.3 is 10.1 Å². The SMILES string of the molecule is COc1cc(Nc2nc(Cl)nnc2Cl)c(Br)cc1Br. The lowest BCUT2D eigenvalue weighted by Crippen LogP contribution is -2.00. The molecule has 0 aliphatic heterocycles. The number of nitrogens with one attached hydrogen (secondary N) is 1. The van der Waals surface area contributed by atoms with Crippen LogP contribution in [0.1, 0.15) is 0 Å². The van der Waals surface area contributed by atoms with Crippen molar-refractivity contribution in [2.24, 2.45) is 0 Å². The number of benzene rings is 1. The van der Waals surface area contributed by atoms with E-state index in [2.05, 4.69) is 52.4 Å². The molecule has 5 nitrogen and oxygen atoms in total. The Labute approximate surface area is 135 Å². The van der Waals surface area contributed by atoms with Crippen molar-refractivity contribution in [2.75, 3.05) is 12.4 Å². The van der Waals surface area contributed by atoms with Gasteiger partial charge in [0, 0.05) is 10.5 Å².